The van der Waals surface area contributed by atoms with Crippen molar-refractivity contribution >= 4 is 22.9 Å². The second kappa shape index (κ2) is 9.46. The molecule has 2 heterocycles. The molecule has 8 heteroatoms. The summed E-state index contributed by atoms with van der Waals surface area (Å²) < 4.78 is 13.5. The monoisotopic (exact) mass is 466 g/mol. The number of rotatable bonds is 6. The number of nitrogens with zero attached hydrogens (tertiary/aromatic N) is 1. The van der Waals surface area contributed by atoms with Crippen molar-refractivity contribution in [1.29, 1.82) is 0 Å². The molecule has 0 saturated carbocycles. The van der Waals surface area contributed by atoms with Crippen molar-refractivity contribution in [2.75, 3.05) is 19.6 Å². The van der Waals surface area contributed by atoms with E-state index < -0.39 is 11.6 Å². The summed E-state index contributed by atoms with van der Waals surface area (Å²) in [4.78, 5) is 29.5. The molecular weight excluding hydrogens is 435 g/mol. The Morgan fingerprint density at radius 2 is 1.85 bits per heavy atom. The highest BCUT2D eigenvalue weighted by molar-refractivity contribution is 6.09. The Balaban J connectivity index is 1.45. The summed E-state index contributed by atoms with van der Waals surface area (Å²) in [5.41, 5.74) is 2.31. The van der Waals surface area contributed by atoms with Crippen molar-refractivity contribution in [3.05, 3.63) is 60.0 Å². The van der Waals surface area contributed by atoms with Crippen LogP contribution in [0.15, 0.2) is 48.5 Å². The van der Waals surface area contributed by atoms with Gasteiger partial charge in [0, 0.05) is 47.7 Å². The van der Waals surface area contributed by atoms with Gasteiger partial charge in [-0.15, -0.1) is 0 Å². The molecule has 0 aliphatic carbocycles. The van der Waals surface area contributed by atoms with E-state index in [0.29, 0.717) is 25.3 Å². The van der Waals surface area contributed by atoms with E-state index in [0.717, 1.165) is 28.5 Å². The fraction of sp³-hybridized carbons (Fsp3) is 0.385. The molecule has 2 amide bonds. The number of carbonyl (C=O) groups is 2. The number of amides is 2. The maximum absolute atomic E-state index is 13.5. The van der Waals surface area contributed by atoms with Gasteiger partial charge in [0.15, 0.2) is 0 Å². The maximum Gasteiger partial charge on any atom is 0.407 e. The number of fused-ring (bicyclic) bond motifs is 1. The first kappa shape index (κ1) is 23.8. The van der Waals surface area contributed by atoms with Crippen molar-refractivity contribution in [3.63, 3.8) is 0 Å². The van der Waals surface area contributed by atoms with Gasteiger partial charge in [-0.1, -0.05) is 30.3 Å². The Morgan fingerprint density at radius 1 is 1.15 bits per heavy atom. The van der Waals surface area contributed by atoms with Gasteiger partial charge in [-0.2, -0.15) is 0 Å². The number of hydrogen-bond acceptors (Lipinski definition) is 3. The molecular formula is C26H31FN4O3. The summed E-state index contributed by atoms with van der Waals surface area (Å²) in [6, 6.07) is 13.8. The largest absolute Gasteiger partial charge is 0.465 e. The van der Waals surface area contributed by atoms with Crippen LogP contribution in [0.25, 0.3) is 22.0 Å². The molecule has 4 N–H and O–H groups in total. The smallest absolute Gasteiger partial charge is 0.407 e. The molecule has 1 aliphatic rings. The van der Waals surface area contributed by atoms with Crippen LogP contribution in [0.1, 0.15) is 37.7 Å². The van der Waals surface area contributed by atoms with E-state index in [9.17, 15) is 19.1 Å². The Bertz CT molecular complexity index is 1180. The predicted octanol–water partition coefficient (Wildman–Crippen LogP) is 4.46. The van der Waals surface area contributed by atoms with Crippen molar-refractivity contribution in [2.45, 2.75) is 38.8 Å². The van der Waals surface area contributed by atoms with Crippen molar-refractivity contribution in [2.24, 2.45) is 5.92 Å². The molecule has 0 unspecified atom stereocenters. The topological polar surface area (TPSA) is 97.5 Å². The Morgan fingerprint density at radius 3 is 2.53 bits per heavy atom. The van der Waals surface area contributed by atoms with Gasteiger partial charge in [0.25, 0.3) is 5.91 Å². The molecule has 0 radical (unpaired) electrons. The summed E-state index contributed by atoms with van der Waals surface area (Å²) in [5.74, 6) is -0.382. The SMILES string of the molecule is CC(C)(C)N(C[C@@H]1CN[C@H](CNC(=O)c2[nH]c3ccccc3c2-c2ccc(F)cc2)C1)C(=O)O. The van der Waals surface area contributed by atoms with E-state index in [4.69, 9.17) is 0 Å². The van der Waals surface area contributed by atoms with Crippen LogP contribution in [0.3, 0.4) is 0 Å². The number of carbonyl (C=O) groups excluding carboxylic acids is 1. The highest BCUT2D eigenvalue weighted by Crippen LogP contribution is 2.32. The predicted molar refractivity (Wildman–Crippen MR) is 130 cm³/mol. The lowest BCUT2D eigenvalue weighted by molar-refractivity contribution is 0.0904. The van der Waals surface area contributed by atoms with Gasteiger partial charge in [-0.25, -0.2) is 9.18 Å². The third-order valence-corrected chi connectivity index (χ3v) is 6.37. The van der Waals surface area contributed by atoms with E-state index in [1.54, 1.807) is 12.1 Å². The van der Waals surface area contributed by atoms with Crippen molar-refractivity contribution in [3.8, 4) is 11.1 Å². The minimum Gasteiger partial charge on any atom is -0.465 e. The van der Waals surface area contributed by atoms with Crippen LogP contribution in [-0.4, -0.2) is 58.2 Å². The lowest BCUT2D eigenvalue weighted by Crippen LogP contribution is -2.47. The molecule has 7 nitrogen and oxygen atoms in total. The third-order valence-electron chi connectivity index (χ3n) is 6.37. The standard InChI is InChI=1S/C26H31FN4O3/c1-26(2,3)31(25(33)34)15-16-12-19(28-13-16)14-29-24(32)23-22(17-8-10-18(27)11-9-17)20-6-4-5-7-21(20)30-23/h4-11,16,19,28,30H,12-15H2,1-3H3,(H,29,32)(H,33,34)/t16-,19-/m0/s1. The zero-order valence-corrected chi connectivity index (χ0v) is 19.7. The number of halogens is 1. The van der Waals surface area contributed by atoms with Gasteiger partial charge < -0.3 is 25.6 Å². The van der Waals surface area contributed by atoms with Crippen LogP contribution in [0.5, 0.6) is 0 Å². The van der Waals surface area contributed by atoms with Crippen LogP contribution < -0.4 is 10.6 Å². The van der Waals surface area contributed by atoms with E-state index in [-0.39, 0.29) is 23.7 Å². The summed E-state index contributed by atoms with van der Waals surface area (Å²) in [7, 11) is 0. The van der Waals surface area contributed by atoms with E-state index in [2.05, 4.69) is 15.6 Å². The molecule has 2 aromatic carbocycles. The summed E-state index contributed by atoms with van der Waals surface area (Å²) in [6.45, 7) is 7.25. The van der Waals surface area contributed by atoms with E-state index in [1.165, 1.54) is 17.0 Å². The van der Waals surface area contributed by atoms with Crippen molar-refractivity contribution in [1.82, 2.24) is 20.5 Å². The molecule has 0 bridgehead atoms. The van der Waals surface area contributed by atoms with Gasteiger partial charge >= 0.3 is 6.09 Å². The van der Waals surface area contributed by atoms with Crippen LogP contribution in [-0.2, 0) is 0 Å². The first-order chi connectivity index (χ1) is 16.1. The van der Waals surface area contributed by atoms with E-state index in [1.807, 2.05) is 45.0 Å². The normalized spacial score (nSPS) is 18.2. The molecule has 4 rings (SSSR count). The number of carboxylic acid groups (broad SMARTS) is 1. The lowest BCUT2D eigenvalue weighted by atomic mass is 10.00. The average Bonchev–Trinajstić information content (AvgIpc) is 3.40. The molecule has 180 valence electrons. The molecule has 1 fully saturated rings. The number of benzene rings is 2. The van der Waals surface area contributed by atoms with Gasteiger partial charge in [-0.3, -0.25) is 4.79 Å². The fourth-order valence-electron chi connectivity index (χ4n) is 4.63. The minimum atomic E-state index is -0.920. The molecule has 3 aromatic rings. The van der Waals surface area contributed by atoms with Crippen LogP contribution >= 0.6 is 0 Å². The summed E-state index contributed by atoms with van der Waals surface area (Å²) in [6.07, 6.45) is -0.145. The molecule has 0 spiro atoms. The Hall–Kier alpha value is -3.39. The number of H-pyrrole nitrogens is 1. The summed E-state index contributed by atoms with van der Waals surface area (Å²) >= 11 is 0. The summed E-state index contributed by atoms with van der Waals surface area (Å²) in [5, 5.41) is 16.9. The number of nitrogens with one attached hydrogen (secondary N) is 3. The van der Waals surface area contributed by atoms with Gasteiger partial charge in [-0.05, 0) is 56.9 Å². The number of hydrogen-bond donors (Lipinski definition) is 4. The molecule has 34 heavy (non-hydrogen) atoms. The van der Waals surface area contributed by atoms with E-state index >= 15 is 0 Å². The first-order valence-corrected chi connectivity index (χ1v) is 11.5. The highest BCUT2D eigenvalue weighted by atomic mass is 19.1. The average molecular weight is 467 g/mol. The zero-order valence-electron chi connectivity index (χ0n) is 19.7. The van der Waals surface area contributed by atoms with Crippen LogP contribution in [0, 0.1) is 11.7 Å². The zero-order chi connectivity index (χ0) is 24.5. The lowest BCUT2D eigenvalue weighted by Gasteiger charge is -2.35. The molecule has 1 aromatic heterocycles. The van der Waals surface area contributed by atoms with Gasteiger partial charge in [0.2, 0.25) is 0 Å². The first-order valence-electron chi connectivity index (χ1n) is 11.5. The highest BCUT2D eigenvalue weighted by Gasteiger charge is 2.32. The number of aromatic amines is 1. The van der Waals surface area contributed by atoms with Crippen LogP contribution in [0.4, 0.5) is 9.18 Å². The Kier molecular flexibility index (Phi) is 6.61. The Labute approximate surface area is 198 Å². The number of para-hydroxylation sites is 1. The molecule has 2 atom stereocenters. The molecule has 1 aliphatic heterocycles. The van der Waals surface area contributed by atoms with Crippen molar-refractivity contribution < 1.29 is 19.1 Å². The quantitative estimate of drug-likeness (QED) is 0.431. The fourth-order valence-corrected chi connectivity index (χ4v) is 4.63. The van der Waals surface area contributed by atoms with Gasteiger partial charge in [0.05, 0.1) is 0 Å². The van der Waals surface area contributed by atoms with Gasteiger partial charge in [0.1, 0.15) is 11.5 Å². The second-order valence-corrected chi connectivity index (χ2v) is 9.91. The second-order valence-electron chi connectivity index (χ2n) is 9.91. The third kappa shape index (κ3) is 5.07. The van der Waals surface area contributed by atoms with Crippen LogP contribution in [0.2, 0.25) is 0 Å². The number of aromatic nitrogens is 1. The molecule has 1 saturated heterocycles. The maximum atomic E-state index is 13.5. The minimum absolute atomic E-state index is 0.0585.